The molecule has 1 aromatic carbocycles. The highest BCUT2D eigenvalue weighted by atomic mass is 19.2. The fourth-order valence-electron chi connectivity index (χ4n) is 2.40. The molecular formula is C16H15F2N7O. The van der Waals surface area contributed by atoms with Crippen LogP contribution in [0.3, 0.4) is 0 Å². The molecule has 2 heterocycles. The molecule has 5 N–H and O–H groups in total. The number of benzene rings is 1. The van der Waals surface area contributed by atoms with Crippen molar-refractivity contribution in [2.45, 2.75) is 6.04 Å². The second-order valence-corrected chi connectivity index (χ2v) is 5.38. The van der Waals surface area contributed by atoms with Gasteiger partial charge in [-0.3, -0.25) is 9.48 Å². The summed E-state index contributed by atoms with van der Waals surface area (Å²) in [6.07, 6.45) is 5.64. The van der Waals surface area contributed by atoms with Crippen molar-refractivity contribution in [2.75, 3.05) is 17.6 Å². The largest absolute Gasteiger partial charge is 0.382 e. The van der Waals surface area contributed by atoms with Crippen molar-refractivity contribution in [3.63, 3.8) is 0 Å². The average molecular weight is 359 g/mol. The number of nitrogens with two attached hydrogens (primary N) is 2. The van der Waals surface area contributed by atoms with Crippen LogP contribution in [0.5, 0.6) is 0 Å². The first kappa shape index (κ1) is 17.4. The first-order valence-corrected chi connectivity index (χ1v) is 7.56. The van der Waals surface area contributed by atoms with Crippen LogP contribution in [0.4, 0.5) is 20.3 Å². The third-order valence-corrected chi connectivity index (χ3v) is 3.67. The Morgan fingerprint density at radius 1 is 1.23 bits per heavy atom. The van der Waals surface area contributed by atoms with Crippen LogP contribution in [0.1, 0.15) is 22.1 Å². The number of carbonyl (C=O) groups excluding carboxylic acids is 1. The number of anilines is 2. The highest BCUT2D eigenvalue weighted by molar-refractivity contribution is 6.05. The van der Waals surface area contributed by atoms with Crippen LogP contribution in [0.2, 0.25) is 0 Å². The van der Waals surface area contributed by atoms with Crippen molar-refractivity contribution in [1.82, 2.24) is 19.7 Å². The van der Waals surface area contributed by atoms with Crippen molar-refractivity contribution >= 4 is 17.4 Å². The maximum Gasteiger partial charge on any atom is 0.278 e. The Balaban J connectivity index is 1.81. The van der Waals surface area contributed by atoms with Gasteiger partial charge in [-0.25, -0.2) is 18.7 Å². The third-order valence-electron chi connectivity index (χ3n) is 3.67. The molecule has 0 aliphatic heterocycles. The number of nitrogen functional groups attached to an aromatic ring is 1. The smallest absolute Gasteiger partial charge is 0.278 e. The highest BCUT2D eigenvalue weighted by Gasteiger charge is 2.17. The first-order valence-electron chi connectivity index (χ1n) is 7.56. The fraction of sp³-hybridized carbons (Fsp3) is 0.125. The summed E-state index contributed by atoms with van der Waals surface area (Å²) in [6, 6.07) is 2.98. The molecule has 1 atom stereocenters. The zero-order chi connectivity index (χ0) is 18.7. The molecule has 26 heavy (non-hydrogen) atoms. The van der Waals surface area contributed by atoms with E-state index in [2.05, 4.69) is 20.4 Å². The molecule has 0 fully saturated rings. The lowest BCUT2D eigenvalue weighted by Gasteiger charge is -2.16. The van der Waals surface area contributed by atoms with Gasteiger partial charge in [0.15, 0.2) is 23.1 Å². The Morgan fingerprint density at radius 3 is 2.69 bits per heavy atom. The molecule has 0 bridgehead atoms. The molecule has 10 heteroatoms. The summed E-state index contributed by atoms with van der Waals surface area (Å²) < 4.78 is 28.0. The highest BCUT2D eigenvalue weighted by Crippen LogP contribution is 2.21. The SMILES string of the molecule is NCC(c1ccc(F)c(F)c1)n1cc(NC(=O)c2nccnc2N)cn1. The molecule has 2 aromatic heterocycles. The zero-order valence-corrected chi connectivity index (χ0v) is 13.4. The summed E-state index contributed by atoms with van der Waals surface area (Å²) in [5.41, 5.74) is 12.2. The minimum atomic E-state index is -0.972. The van der Waals surface area contributed by atoms with Crippen LogP contribution in [-0.4, -0.2) is 32.2 Å². The minimum Gasteiger partial charge on any atom is -0.382 e. The van der Waals surface area contributed by atoms with Crippen molar-refractivity contribution < 1.29 is 13.6 Å². The van der Waals surface area contributed by atoms with Gasteiger partial charge in [0.05, 0.1) is 17.9 Å². The molecule has 3 rings (SSSR count). The summed E-state index contributed by atoms with van der Waals surface area (Å²) in [4.78, 5) is 19.9. The Kier molecular flexibility index (Phi) is 4.85. The molecule has 0 aliphatic rings. The summed E-state index contributed by atoms with van der Waals surface area (Å²) in [5, 5.41) is 6.71. The number of nitrogens with zero attached hydrogens (tertiary/aromatic N) is 4. The monoisotopic (exact) mass is 359 g/mol. The van der Waals surface area contributed by atoms with E-state index < -0.39 is 23.6 Å². The van der Waals surface area contributed by atoms with Gasteiger partial charge < -0.3 is 16.8 Å². The quantitative estimate of drug-likeness (QED) is 0.631. The van der Waals surface area contributed by atoms with Crippen LogP contribution in [-0.2, 0) is 0 Å². The molecule has 0 saturated carbocycles. The predicted octanol–water partition coefficient (Wildman–Crippen LogP) is 1.33. The second-order valence-electron chi connectivity index (χ2n) is 5.38. The minimum absolute atomic E-state index is 0.000913. The number of carbonyl (C=O) groups is 1. The van der Waals surface area contributed by atoms with E-state index in [9.17, 15) is 13.6 Å². The van der Waals surface area contributed by atoms with Gasteiger partial charge in [0.2, 0.25) is 0 Å². The summed E-state index contributed by atoms with van der Waals surface area (Å²) in [5.74, 6) is -2.47. The van der Waals surface area contributed by atoms with E-state index in [0.717, 1.165) is 12.1 Å². The van der Waals surface area contributed by atoms with Gasteiger partial charge in [-0.2, -0.15) is 5.10 Å². The van der Waals surface area contributed by atoms with Crippen molar-refractivity contribution in [1.29, 1.82) is 0 Å². The van der Waals surface area contributed by atoms with Crippen molar-refractivity contribution in [3.8, 4) is 0 Å². The normalized spacial score (nSPS) is 12.0. The number of halogens is 2. The van der Waals surface area contributed by atoms with Gasteiger partial charge in [0.1, 0.15) is 0 Å². The Bertz CT molecular complexity index is 944. The van der Waals surface area contributed by atoms with Crippen molar-refractivity contribution in [3.05, 3.63) is 65.9 Å². The molecule has 0 radical (unpaired) electrons. The molecular weight excluding hydrogens is 344 g/mol. The van der Waals surface area contributed by atoms with Crippen LogP contribution in [0.15, 0.2) is 43.0 Å². The molecule has 134 valence electrons. The third kappa shape index (κ3) is 3.49. The Hall–Kier alpha value is -3.40. The van der Waals surface area contributed by atoms with E-state index in [4.69, 9.17) is 11.5 Å². The molecule has 1 unspecified atom stereocenters. The summed E-state index contributed by atoms with van der Waals surface area (Å²) >= 11 is 0. The molecule has 8 nitrogen and oxygen atoms in total. The van der Waals surface area contributed by atoms with E-state index >= 15 is 0 Å². The van der Waals surface area contributed by atoms with Gasteiger partial charge in [-0.1, -0.05) is 6.07 Å². The number of hydrogen-bond donors (Lipinski definition) is 3. The maximum absolute atomic E-state index is 13.5. The Morgan fingerprint density at radius 2 is 2.00 bits per heavy atom. The van der Waals surface area contributed by atoms with Gasteiger partial charge in [0, 0.05) is 25.1 Å². The average Bonchev–Trinajstić information content (AvgIpc) is 3.07. The van der Waals surface area contributed by atoms with Gasteiger partial charge >= 0.3 is 0 Å². The van der Waals surface area contributed by atoms with Crippen LogP contribution in [0.25, 0.3) is 0 Å². The lowest BCUT2D eigenvalue weighted by atomic mass is 10.1. The second kappa shape index (κ2) is 7.23. The van der Waals surface area contributed by atoms with Crippen LogP contribution >= 0.6 is 0 Å². The first-order chi connectivity index (χ1) is 12.5. The molecule has 0 saturated heterocycles. The number of hydrogen-bond acceptors (Lipinski definition) is 6. The van der Waals surface area contributed by atoms with Gasteiger partial charge in [0.25, 0.3) is 5.91 Å². The maximum atomic E-state index is 13.5. The molecule has 3 aromatic rings. The van der Waals surface area contributed by atoms with Crippen LogP contribution in [0, 0.1) is 11.6 Å². The standard InChI is InChI=1S/C16H15F2N7O/c17-11-2-1-9(5-12(11)18)13(6-19)25-8-10(7-23-25)24-16(26)14-15(20)22-4-3-21-14/h1-5,7-8,13H,6,19H2,(H2,20,22)(H,24,26). The fourth-order valence-corrected chi connectivity index (χ4v) is 2.40. The van der Waals surface area contributed by atoms with Crippen molar-refractivity contribution in [2.24, 2.45) is 5.73 Å². The molecule has 0 spiro atoms. The van der Waals surface area contributed by atoms with E-state index in [-0.39, 0.29) is 18.1 Å². The van der Waals surface area contributed by atoms with Crippen LogP contribution < -0.4 is 16.8 Å². The number of aromatic nitrogens is 4. The number of amides is 1. The lowest BCUT2D eigenvalue weighted by Crippen LogP contribution is -2.21. The van der Waals surface area contributed by atoms with E-state index in [0.29, 0.717) is 11.3 Å². The van der Waals surface area contributed by atoms with E-state index in [1.165, 1.54) is 35.5 Å². The lowest BCUT2D eigenvalue weighted by molar-refractivity contribution is 0.102. The number of nitrogens with one attached hydrogen (secondary N) is 1. The topological polar surface area (TPSA) is 125 Å². The Labute approximate surface area is 146 Å². The van der Waals surface area contributed by atoms with Gasteiger partial charge in [-0.15, -0.1) is 0 Å². The van der Waals surface area contributed by atoms with Gasteiger partial charge in [-0.05, 0) is 17.7 Å². The van der Waals surface area contributed by atoms with E-state index in [1.807, 2.05) is 0 Å². The molecule has 1 amide bonds. The number of rotatable bonds is 5. The zero-order valence-electron chi connectivity index (χ0n) is 13.4. The summed E-state index contributed by atoms with van der Waals surface area (Å²) in [7, 11) is 0. The predicted molar refractivity (Wildman–Crippen MR) is 90.2 cm³/mol. The molecule has 0 aliphatic carbocycles. The van der Waals surface area contributed by atoms with E-state index in [1.54, 1.807) is 0 Å². The summed E-state index contributed by atoms with van der Waals surface area (Å²) in [6.45, 7) is 0.0945.